The highest BCUT2D eigenvalue weighted by atomic mass is 16.3. The van der Waals surface area contributed by atoms with Gasteiger partial charge in [0.1, 0.15) is 0 Å². The summed E-state index contributed by atoms with van der Waals surface area (Å²) in [6.07, 6.45) is 9.93. The predicted molar refractivity (Wildman–Crippen MR) is 74.4 cm³/mol. The van der Waals surface area contributed by atoms with Crippen molar-refractivity contribution in [2.75, 3.05) is 6.54 Å². The highest BCUT2D eigenvalue weighted by Crippen LogP contribution is 2.23. The summed E-state index contributed by atoms with van der Waals surface area (Å²) in [5.74, 6) is 0.659. The quantitative estimate of drug-likeness (QED) is 0.814. The molecule has 0 aromatic carbocycles. The van der Waals surface area contributed by atoms with Crippen molar-refractivity contribution in [3.05, 3.63) is 24.0 Å². The molecule has 1 heterocycles. The lowest BCUT2D eigenvalue weighted by molar-refractivity contribution is 0.101. The summed E-state index contributed by atoms with van der Waals surface area (Å²) in [6, 6.07) is 2.19. The summed E-state index contributed by atoms with van der Waals surface area (Å²) < 4.78 is 2.25. The van der Waals surface area contributed by atoms with E-state index in [0.29, 0.717) is 5.92 Å². The third kappa shape index (κ3) is 4.14. The van der Waals surface area contributed by atoms with Crippen LogP contribution in [0.3, 0.4) is 0 Å². The fourth-order valence-electron chi connectivity index (χ4n) is 2.86. The number of nitrogens with zero attached hydrogens (tertiary/aromatic N) is 1. The van der Waals surface area contributed by atoms with E-state index in [1.54, 1.807) is 0 Å². The molecule has 1 aliphatic rings. The maximum absolute atomic E-state index is 9.63. The SMILES string of the molecule is CCCn1ccc(CNCC2CCCC(O)C2)c1. The Morgan fingerprint density at radius 2 is 2.33 bits per heavy atom. The largest absolute Gasteiger partial charge is 0.393 e. The highest BCUT2D eigenvalue weighted by molar-refractivity contribution is 5.09. The normalized spacial score (nSPS) is 24.3. The summed E-state index contributed by atoms with van der Waals surface area (Å²) in [6.45, 7) is 5.29. The van der Waals surface area contributed by atoms with Crippen molar-refractivity contribution in [1.29, 1.82) is 0 Å². The number of aryl methyl sites for hydroxylation is 1. The van der Waals surface area contributed by atoms with Gasteiger partial charge in [-0.15, -0.1) is 0 Å². The molecule has 2 atom stereocenters. The second kappa shape index (κ2) is 6.95. The van der Waals surface area contributed by atoms with Crippen molar-refractivity contribution >= 4 is 0 Å². The van der Waals surface area contributed by atoms with Crippen molar-refractivity contribution in [1.82, 2.24) is 9.88 Å². The monoisotopic (exact) mass is 250 g/mol. The third-order valence-corrected chi connectivity index (χ3v) is 3.81. The van der Waals surface area contributed by atoms with E-state index in [4.69, 9.17) is 0 Å². The van der Waals surface area contributed by atoms with Gasteiger partial charge in [-0.1, -0.05) is 13.3 Å². The van der Waals surface area contributed by atoms with Gasteiger partial charge in [0.25, 0.3) is 0 Å². The number of aromatic nitrogens is 1. The van der Waals surface area contributed by atoms with Crippen LogP contribution < -0.4 is 5.32 Å². The molecular weight excluding hydrogens is 224 g/mol. The van der Waals surface area contributed by atoms with Gasteiger partial charge in [0, 0.05) is 25.5 Å². The molecule has 3 heteroatoms. The average Bonchev–Trinajstić information content (AvgIpc) is 2.78. The Labute approximate surface area is 110 Å². The van der Waals surface area contributed by atoms with E-state index < -0.39 is 0 Å². The number of hydrogen-bond donors (Lipinski definition) is 2. The zero-order valence-electron chi connectivity index (χ0n) is 11.4. The van der Waals surface area contributed by atoms with Crippen LogP contribution in [-0.4, -0.2) is 22.3 Å². The molecule has 2 N–H and O–H groups in total. The Morgan fingerprint density at radius 3 is 3.11 bits per heavy atom. The average molecular weight is 250 g/mol. The van der Waals surface area contributed by atoms with E-state index in [2.05, 4.69) is 35.3 Å². The molecule has 1 aliphatic carbocycles. The fraction of sp³-hybridized carbons (Fsp3) is 0.733. The minimum absolute atomic E-state index is 0.0591. The Morgan fingerprint density at radius 1 is 1.44 bits per heavy atom. The summed E-state index contributed by atoms with van der Waals surface area (Å²) in [7, 11) is 0. The van der Waals surface area contributed by atoms with Crippen LogP contribution in [0.15, 0.2) is 18.5 Å². The Hall–Kier alpha value is -0.800. The Bertz CT molecular complexity index is 348. The molecule has 1 saturated carbocycles. The summed E-state index contributed by atoms with van der Waals surface area (Å²) in [5, 5.41) is 13.2. The third-order valence-electron chi connectivity index (χ3n) is 3.81. The first kappa shape index (κ1) is 13.6. The molecule has 0 aliphatic heterocycles. The Kier molecular flexibility index (Phi) is 5.26. The predicted octanol–water partition coefficient (Wildman–Crippen LogP) is 2.54. The van der Waals surface area contributed by atoms with Crippen LogP contribution >= 0.6 is 0 Å². The molecule has 1 aromatic rings. The van der Waals surface area contributed by atoms with E-state index in [1.165, 1.54) is 24.8 Å². The number of nitrogens with one attached hydrogen (secondary N) is 1. The van der Waals surface area contributed by atoms with Gasteiger partial charge in [0.15, 0.2) is 0 Å². The number of rotatable bonds is 6. The van der Waals surface area contributed by atoms with E-state index >= 15 is 0 Å². The van der Waals surface area contributed by atoms with E-state index in [1.807, 2.05) is 0 Å². The zero-order valence-corrected chi connectivity index (χ0v) is 11.4. The molecule has 1 fully saturated rings. The van der Waals surface area contributed by atoms with Gasteiger partial charge in [-0.25, -0.2) is 0 Å². The van der Waals surface area contributed by atoms with Crippen LogP contribution in [0, 0.1) is 5.92 Å². The first-order valence-electron chi connectivity index (χ1n) is 7.31. The van der Waals surface area contributed by atoms with Crippen LogP contribution in [0.4, 0.5) is 0 Å². The topological polar surface area (TPSA) is 37.2 Å². The van der Waals surface area contributed by atoms with Gasteiger partial charge >= 0.3 is 0 Å². The standard InChI is InChI=1S/C15H26N2O/c1-2-7-17-8-6-14(12-17)11-16-10-13-4-3-5-15(18)9-13/h6,8,12-13,15-16,18H,2-5,7,9-11H2,1H3. The lowest BCUT2D eigenvalue weighted by Crippen LogP contribution is -2.28. The van der Waals surface area contributed by atoms with Crippen molar-refractivity contribution in [3.8, 4) is 0 Å². The molecule has 0 saturated heterocycles. The number of aliphatic hydroxyl groups is 1. The van der Waals surface area contributed by atoms with Gasteiger partial charge < -0.3 is 15.0 Å². The maximum atomic E-state index is 9.63. The minimum atomic E-state index is -0.0591. The highest BCUT2D eigenvalue weighted by Gasteiger charge is 2.19. The van der Waals surface area contributed by atoms with E-state index in [-0.39, 0.29) is 6.10 Å². The molecule has 0 bridgehead atoms. The van der Waals surface area contributed by atoms with Crippen LogP contribution in [-0.2, 0) is 13.1 Å². The second-order valence-corrected chi connectivity index (χ2v) is 5.57. The molecule has 2 rings (SSSR count). The lowest BCUT2D eigenvalue weighted by Gasteiger charge is -2.25. The van der Waals surface area contributed by atoms with Gasteiger partial charge in [-0.2, -0.15) is 0 Å². The van der Waals surface area contributed by atoms with Gasteiger partial charge in [0.2, 0.25) is 0 Å². The summed E-state index contributed by atoms with van der Waals surface area (Å²) in [4.78, 5) is 0. The molecule has 18 heavy (non-hydrogen) atoms. The van der Waals surface area contributed by atoms with Gasteiger partial charge in [0.05, 0.1) is 6.10 Å². The maximum Gasteiger partial charge on any atom is 0.0543 e. The molecule has 0 spiro atoms. The van der Waals surface area contributed by atoms with Crippen LogP contribution in [0.2, 0.25) is 0 Å². The fourth-order valence-corrected chi connectivity index (χ4v) is 2.86. The zero-order chi connectivity index (χ0) is 12.8. The van der Waals surface area contributed by atoms with Crippen molar-refractivity contribution in [3.63, 3.8) is 0 Å². The number of hydrogen-bond acceptors (Lipinski definition) is 2. The van der Waals surface area contributed by atoms with Crippen molar-refractivity contribution < 1.29 is 5.11 Å². The van der Waals surface area contributed by atoms with Crippen LogP contribution in [0.5, 0.6) is 0 Å². The minimum Gasteiger partial charge on any atom is -0.393 e. The van der Waals surface area contributed by atoms with E-state index in [9.17, 15) is 5.11 Å². The summed E-state index contributed by atoms with van der Waals surface area (Å²) >= 11 is 0. The van der Waals surface area contributed by atoms with E-state index in [0.717, 1.165) is 32.5 Å². The van der Waals surface area contributed by atoms with Gasteiger partial charge in [-0.3, -0.25) is 0 Å². The second-order valence-electron chi connectivity index (χ2n) is 5.57. The molecule has 1 aromatic heterocycles. The molecule has 0 radical (unpaired) electrons. The van der Waals surface area contributed by atoms with Gasteiger partial charge in [-0.05, 0) is 49.8 Å². The molecule has 102 valence electrons. The first-order chi connectivity index (χ1) is 8.78. The summed E-state index contributed by atoms with van der Waals surface area (Å²) in [5.41, 5.74) is 1.36. The molecule has 3 nitrogen and oxygen atoms in total. The molecule has 0 amide bonds. The first-order valence-corrected chi connectivity index (χ1v) is 7.31. The van der Waals surface area contributed by atoms with Crippen molar-refractivity contribution in [2.24, 2.45) is 5.92 Å². The molecular formula is C15H26N2O. The van der Waals surface area contributed by atoms with Crippen LogP contribution in [0.25, 0.3) is 0 Å². The smallest absolute Gasteiger partial charge is 0.0543 e. The molecule has 2 unspecified atom stereocenters. The lowest BCUT2D eigenvalue weighted by atomic mass is 9.87. The van der Waals surface area contributed by atoms with Crippen LogP contribution in [0.1, 0.15) is 44.6 Å². The Balaban J connectivity index is 1.67. The van der Waals surface area contributed by atoms with Crippen molar-refractivity contribution in [2.45, 2.75) is 58.2 Å². The number of aliphatic hydroxyl groups excluding tert-OH is 1.